The number of rotatable bonds is 7. The predicted molar refractivity (Wildman–Crippen MR) is 75.7 cm³/mol. The fraction of sp³-hybridized carbons (Fsp3) is 0.833. The summed E-state index contributed by atoms with van der Waals surface area (Å²) in [6.45, 7) is 4.23. The monoisotopic (exact) mass is 305 g/mol. The SMILES string of the molecule is CC(C)N(CC(N)=O)CC(=O)NC[C@H]1CCS(=O)(=O)C1. The van der Waals surface area contributed by atoms with Gasteiger partial charge in [0, 0.05) is 12.6 Å². The highest BCUT2D eigenvalue weighted by atomic mass is 32.2. The Hall–Kier alpha value is -1.15. The van der Waals surface area contributed by atoms with Crippen LogP contribution in [0.15, 0.2) is 0 Å². The smallest absolute Gasteiger partial charge is 0.234 e. The highest BCUT2D eigenvalue weighted by molar-refractivity contribution is 7.91. The quantitative estimate of drug-likeness (QED) is 0.609. The summed E-state index contributed by atoms with van der Waals surface area (Å²) in [5, 5.41) is 2.72. The Morgan fingerprint density at radius 3 is 2.45 bits per heavy atom. The number of sulfone groups is 1. The molecule has 0 aromatic rings. The summed E-state index contributed by atoms with van der Waals surface area (Å²) in [5.41, 5.74) is 5.13. The van der Waals surface area contributed by atoms with Gasteiger partial charge in [0.1, 0.15) is 0 Å². The topological polar surface area (TPSA) is 110 Å². The average Bonchev–Trinajstić information content (AvgIpc) is 2.65. The number of carbonyl (C=O) groups excluding carboxylic acids is 2. The fourth-order valence-corrected chi connectivity index (χ4v) is 4.01. The molecule has 0 saturated carbocycles. The second-order valence-electron chi connectivity index (χ2n) is 5.54. The molecule has 20 heavy (non-hydrogen) atoms. The lowest BCUT2D eigenvalue weighted by atomic mass is 10.1. The summed E-state index contributed by atoms with van der Waals surface area (Å²) in [5.74, 6) is -0.360. The third-order valence-corrected chi connectivity index (χ3v) is 5.19. The molecular weight excluding hydrogens is 282 g/mol. The van der Waals surface area contributed by atoms with Crippen LogP contribution in [0.25, 0.3) is 0 Å². The summed E-state index contributed by atoms with van der Waals surface area (Å²) in [6.07, 6.45) is 0.595. The van der Waals surface area contributed by atoms with Crippen LogP contribution < -0.4 is 11.1 Å². The van der Waals surface area contributed by atoms with Crippen LogP contribution in [0.2, 0.25) is 0 Å². The van der Waals surface area contributed by atoms with Crippen LogP contribution >= 0.6 is 0 Å². The molecule has 0 aromatic heterocycles. The van der Waals surface area contributed by atoms with E-state index in [9.17, 15) is 18.0 Å². The first kappa shape index (κ1) is 16.9. The molecule has 8 heteroatoms. The third kappa shape index (κ3) is 5.87. The van der Waals surface area contributed by atoms with Crippen LogP contribution in [0.5, 0.6) is 0 Å². The lowest BCUT2D eigenvalue weighted by Gasteiger charge is -2.24. The van der Waals surface area contributed by atoms with Gasteiger partial charge in [0.2, 0.25) is 11.8 Å². The first-order valence-electron chi connectivity index (χ1n) is 6.69. The minimum absolute atomic E-state index is 0.00686. The Morgan fingerprint density at radius 1 is 1.35 bits per heavy atom. The van der Waals surface area contributed by atoms with E-state index in [1.54, 1.807) is 4.90 Å². The van der Waals surface area contributed by atoms with E-state index in [0.717, 1.165) is 0 Å². The molecule has 116 valence electrons. The Labute approximate surface area is 119 Å². The molecule has 1 rings (SSSR count). The number of primary amides is 1. The Bertz CT molecular complexity index is 461. The van der Waals surface area contributed by atoms with E-state index in [2.05, 4.69) is 5.32 Å². The molecule has 0 unspecified atom stereocenters. The second kappa shape index (κ2) is 7.03. The lowest BCUT2D eigenvalue weighted by Crippen LogP contribution is -2.45. The maximum atomic E-state index is 11.8. The van der Waals surface area contributed by atoms with Crippen LogP contribution in [0.3, 0.4) is 0 Å². The first-order chi connectivity index (χ1) is 9.19. The highest BCUT2D eigenvalue weighted by Gasteiger charge is 2.28. The lowest BCUT2D eigenvalue weighted by molar-refractivity contribution is -0.124. The van der Waals surface area contributed by atoms with E-state index in [4.69, 9.17) is 5.73 Å². The van der Waals surface area contributed by atoms with Crippen molar-refractivity contribution in [3.8, 4) is 0 Å². The molecule has 0 spiro atoms. The summed E-state index contributed by atoms with van der Waals surface area (Å²) < 4.78 is 22.6. The third-order valence-electron chi connectivity index (χ3n) is 3.35. The van der Waals surface area contributed by atoms with E-state index < -0.39 is 15.7 Å². The summed E-state index contributed by atoms with van der Waals surface area (Å²) in [7, 11) is -2.92. The summed E-state index contributed by atoms with van der Waals surface area (Å²) >= 11 is 0. The van der Waals surface area contributed by atoms with Gasteiger partial charge in [-0.05, 0) is 26.2 Å². The van der Waals surface area contributed by atoms with Gasteiger partial charge in [0.15, 0.2) is 9.84 Å². The minimum atomic E-state index is -2.92. The molecule has 1 saturated heterocycles. The van der Waals surface area contributed by atoms with Gasteiger partial charge in [-0.15, -0.1) is 0 Å². The van der Waals surface area contributed by atoms with E-state index in [1.165, 1.54) is 0 Å². The molecule has 1 fully saturated rings. The highest BCUT2D eigenvalue weighted by Crippen LogP contribution is 2.17. The number of carbonyl (C=O) groups is 2. The average molecular weight is 305 g/mol. The number of nitrogens with one attached hydrogen (secondary N) is 1. The summed E-state index contributed by atoms with van der Waals surface area (Å²) in [4.78, 5) is 24.4. The van der Waals surface area contributed by atoms with Gasteiger partial charge in [-0.1, -0.05) is 0 Å². The van der Waals surface area contributed by atoms with Gasteiger partial charge in [0.25, 0.3) is 0 Å². The van der Waals surface area contributed by atoms with E-state index in [1.807, 2.05) is 13.8 Å². The van der Waals surface area contributed by atoms with Crippen molar-refractivity contribution >= 4 is 21.7 Å². The standard InChI is InChI=1S/C12H23N3O4S/c1-9(2)15(6-11(13)16)7-12(17)14-5-10-3-4-20(18,19)8-10/h9-10H,3-8H2,1-2H3,(H2,13,16)(H,14,17)/t10-/m1/s1. The van der Waals surface area contributed by atoms with Crippen LogP contribution in [0.1, 0.15) is 20.3 Å². The second-order valence-corrected chi connectivity index (χ2v) is 7.77. The molecule has 0 radical (unpaired) electrons. The number of hydrogen-bond donors (Lipinski definition) is 2. The maximum Gasteiger partial charge on any atom is 0.234 e. The molecule has 1 aliphatic heterocycles. The molecule has 0 aromatic carbocycles. The summed E-state index contributed by atoms with van der Waals surface area (Å²) in [6, 6.07) is 0.0279. The van der Waals surface area contributed by atoms with Crippen molar-refractivity contribution in [3.63, 3.8) is 0 Å². The van der Waals surface area contributed by atoms with Gasteiger partial charge >= 0.3 is 0 Å². The molecule has 1 aliphatic rings. The number of hydrogen-bond acceptors (Lipinski definition) is 5. The molecule has 0 bridgehead atoms. The molecule has 1 atom stereocenters. The van der Waals surface area contributed by atoms with E-state index >= 15 is 0 Å². The van der Waals surface area contributed by atoms with Gasteiger partial charge in [-0.25, -0.2) is 8.42 Å². The van der Waals surface area contributed by atoms with Gasteiger partial charge in [-0.2, -0.15) is 0 Å². The largest absolute Gasteiger partial charge is 0.369 e. The molecule has 2 amide bonds. The van der Waals surface area contributed by atoms with E-state index in [0.29, 0.717) is 13.0 Å². The Kier molecular flexibility index (Phi) is 5.94. The van der Waals surface area contributed by atoms with Crippen LogP contribution in [0.4, 0.5) is 0 Å². The van der Waals surface area contributed by atoms with Crippen molar-refractivity contribution < 1.29 is 18.0 Å². The number of nitrogens with zero attached hydrogens (tertiary/aromatic N) is 1. The number of amides is 2. The van der Waals surface area contributed by atoms with Crippen LogP contribution in [0, 0.1) is 5.92 Å². The molecular formula is C12H23N3O4S. The van der Waals surface area contributed by atoms with Crippen LogP contribution in [-0.2, 0) is 19.4 Å². The van der Waals surface area contributed by atoms with Crippen molar-refractivity contribution in [1.82, 2.24) is 10.2 Å². The van der Waals surface area contributed by atoms with Crippen molar-refractivity contribution in [2.45, 2.75) is 26.3 Å². The van der Waals surface area contributed by atoms with Crippen molar-refractivity contribution in [3.05, 3.63) is 0 Å². The van der Waals surface area contributed by atoms with Gasteiger partial charge < -0.3 is 11.1 Å². The number of nitrogens with two attached hydrogens (primary N) is 1. The molecule has 0 aliphatic carbocycles. The Morgan fingerprint density at radius 2 is 2.00 bits per heavy atom. The zero-order chi connectivity index (χ0) is 15.3. The van der Waals surface area contributed by atoms with Crippen molar-refractivity contribution in [1.29, 1.82) is 0 Å². The van der Waals surface area contributed by atoms with Crippen molar-refractivity contribution in [2.24, 2.45) is 11.7 Å². The molecule has 7 nitrogen and oxygen atoms in total. The zero-order valence-corrected chi connectivity index (χ0v) is 12.8. The molecule has 1 heterocycles. The minimum Gasteiger partial charge on any atom is -0.369 e. The fourth-order valence-electron chi connectivity index (χ4n) is 2.15. The van der Waals surface area contributed by atoms with Crippen LogP contribution in [-0.4, -0.2) is 62.3 Å². The van der Waals surface area contributed by atoms with Crippen molar-refractivity contribution in [2.75, 3.05) is 31.1 Å². The Balaban J connectivity index is 2.37. The molecule has 3 N–H and O–H groups in total. The van der Waals surface area contributed by atoms with E-state index in [-0.39, 0.29) is 42.5 Å². The van der Waals surface area contributed by atoms with Gasteiger partial charge in [-0.3, -0.25) is 14.5 Å². The van der Waals surface area contributed by atoms with Gasteiger partial charge in [0.05, 0.1) is 24.6 Å². The maximum absolute atomic E-state index is 11.8. The first-order valence-corrected chi connectivity index (χ1v) is 8.51. The zero-order valence-electron chi connectivity index (χ0n) is 12.0. The predicted octanol–water partition coefficient (Wildman–Crippen LogP) is -1.27. The normalized spacial score (nSPS) is 21.3.